The van der Waals surface area contributed by atoms with Gasteiger partial charge in [-0.3, -0.25) is 0 Å². The van der Waals surface area contributed by atoms with Crippen LogP contribution in [-0.4, -0.2) is 30.3 Å². The zero-order chi connectivity index (χ0) is 16.8. The Bertz CT molecular complexity index is 508. The highest BCUT2D eigenvalue weighted by Gasteiger charge is 2.25. The Balaban J connectivity index is 2.77. The predicted molar refractivity (Wildman–Crippen MR) is 92.7 cm³/mol. The van der Waals surface area contributed by atoms with Gasteiger partial charge in [0.15, 0.2) is 0 Å². The molecule has 0 aromatic heterocycles. The quantitative estimate of drug-likeness (QED) is 0.588. The van der Waals surface area contributed by atoms with Gasteiger partial charge in [-0.05, 0) is 68.0 Å². The first kappa shape index (κ1) is 18.7. The van der Waals surface area contributed by atoms with Crippen molar-refractivity contribution < 1.29 is 19.1 Å². The monoisotopic (exact) mass is 419 g/mol. The highest BCUT2D eigenvalue weighted by Crippen LogP contribution is 2.11. The van der Waals surface area contributed by atoms with Crippen molar-refractivity contribution in [2.45, 2.75) is 45.8 Å². The van der Waals surface area contributed by atoms with Crippen LogP contribution in [0.25, 0.3) is 0 Å². The summed E-state index contributed by atoms with van der Waals surface area (Å²) < 4.78 is 11.3. The van der Waals surface area contributed by atoms with Gasteiger partial charge >= 0.3 is 12.1 Å². The van der Waals surface area contributed by atoms with Crippen LogP contribution in [0.3, 0.4) is 0 Å². The number of amides is 1. The van der Waals surface area contributed by atoms with E-state index in [4.69, 9.17) is 9.47 Å². The van der Waals surface area contributed by atoms with Crippen molar-refractivity contribution >= 4 is 34.7 Å². The van der Waals surface area contributed by atoms with Crippen molar-refractivity contribution in [2.24, 2.45) is 0 Å². The van der Waals surface area contributed by atoms with E-state index in [1.807, 2.05) is 24.3 Å². The molecule has 0 aliphatic heterocycles. The van der Waals surface area contributed by atoms with E-state index in [-0.39, 0.29) is 6.61 Å². The Kier molecular flexibility index (Phi) is 7.12. The Morgan fingerprint density at radius 2 is 1.82 bits per heavy atom. The third-order valence-electron chi connectivity index (χ3n) is 2.62. The maximum absolute atomic E-state index is 12.0. The average molecular weight is 419 g/mol. The number of hydrogen-bond acceptors (Lipinski definition) is 4. The van der Waals surface area contributed by atoms with Crippen LogP contribution < -0.4 is 5.32 Å². The number of halogens is 1. The molecule has 0 saturated carbocycles. The Hall–Kier alpha value is -1.31. The highest BCUT2D eigenvalue weighted by molar-refractivity contribution is 14.1. The van der Waals surface area contributed by atoms with E-state index in [1.165, 1.54) is 0 Å². The lowest BCUT2D eigenvalue weighted by atomic mass is 10.1. The van der Waals surface area contributed by atoms with E-state index < -0.39 is 23.7 Å². The molecule has 0 aliphatic rings. The number of ether oxygens (including phenoxy) is 2. The van der Waals surface area contributed by atoms with Crippen molar-refractivity contribution in [3.63, 3.8) is 0 Å². The molecule has 1 unspecified atom stereocenters. The van der Waals surface area contributed by atoms with Gasteiger partial charge in [-0.15, -0.1) is 0 Å². The summed E-state index contributed by atoms with van der Waals surface area (Å²) in [5.74, 6) is -0.466. The smallest absolute Gasteiger partial charge is 0.408 e. The molecule has 1 rings (SSSR count). The van der Waals surface area contributed by atoms with E-state index in [0.717, 1.165) is 9.13 Å². The predicted octanol–water partition coefficient (Wildman–Crippen LogP) is 3.29. The van der Waals surface area contributed by atoms with Crippen LogP contribution in [0, 0.1) is 3.57 Å². The minimum absolute atomic E-state index is 0.262. The molecule has 1 aromatic carbocycles. The van der Waals surface area contributed by atoms with Crippen molar-refractivity contribution in [3.8, 4) is 0 Å². The molecule has 5 nitrogen and oxygen atoms in total. The number of alkyl carbamates (subject to hydrolysis) is 1. The summed E-state index contributed by atoms with van der Waals surface area (Å²) in [6.07, 6.45) is -0.272. The number of nitrogens with one attached hydrogen (secondary N) is 1. The first-order valence-corrected chi connectivity index (χ1v) is 8.19. The van der Waals surface area contributed by atoms with Gasteiger partial charge < -0.3 is 14.8 Å². The van der Waals surface area contributed by atoms with Crippen LogP contribution in [0.4, 0.5) is 4.79 Å². The van der Waals surface area contributed by atoms with Gasteiger partial charge in [0.05, 0.1) is 6.61 Å². The molecule has 1 N–H and O–H groups in total. The molecular formula is C16H22INO4. The van der Waals surface area contributed by atoms with Crippen molar-refractivity contribution in [1.82, 2.24) is 5.32 Å². The SMILES string of the molecule is CCOC(=O)C(Cc1ccc(I)cc1)NC(=O)OC(C)(C)C. The van der Waals surface area contributed by atoms with Crippen molar-refractivity contribution in [1.29, 1.82) is 0 Å². The van der Waals surface area contributed by atoms with E-state index in [0.29, 0.717) is 6.42 Å². The fourth-order valence-corrected chi connectivity index (χ4v) is 2.10. The van der Waals surface area contributed by atoms with Gasteiger partial charge in [-0.2, -0.15) is 0 Å². The third kappa shape index (κ3) is 7.11. The Morgan fingerprint density at radius 3 is 2.32 bits per heavy atom. The minimum atomic E-state index is -0.769. The summed E-state index contributed by atoms with van der Waals surface area (Å²) in [5.41, 5.74) is 0.320. The second kappa shape index (κ2) is 8.36. The normalized spacial score (nSPS) is 12.4. The van der Waals surface area contributed by atoms with Gasteiger partial charge in [0.1, 0.15) is 11.6 Å². The van der Waals surface area contributed by atoms with Crippen LogP contribution in [0.1, 0.15) is 33.3 Å². The Morgan fingerprint density at radius 1 is 1.23 bits per heavy atom. The van der Waals surface area contributed by atoms with Crippen LogP contribution in [0.2, 0.25) is 0 Å². The second-order valence-electron chi connectivity index (χ2n) is 5.78. The average Bonchev–Trinajstić information content (AvgIpc) is 2.38. The van der Waals surface area contributed by atoms with Gasteiger partial charge in [0.25, 0.3) is 0 Å². The van der Waals surface area contributed by atoms with Crippen LogP contribution in [0.5, 0.6) is 0 Å². The van der Waals surface area contributed by atoms with E-state index in [1.54, 1.807) is 27.7 Å². The third-order valence-corrected chi connectivity index (χ3v) is 3.33. The molecule has 0 heterocycles. The molecule has 0 saturated heterocycles. The Labute approximate surface area is 144 Å². The van der Waals surface area contributed by atoms with E-state index in [9.17, 15) is 9.59 Å². The molecule has 1 amide bonds. The summed E-state index contributed by atoms with van der Waals surface area (Å²) in [6.45, 7) is 7.30. The molecule has 0 radical (unpaired) electrons. The van der Waals surface area contributed by atoms with E-state index >= 15 is 0 Å². The molecule has 122 valence electrons. The summed E-state index contributed by atoms with van der Waals surface area (Å²) in [6, 6.07) is 6.97. The lowest BCUT2D eigenvalue weighted by molar-refractivity contribution is -0.145. The van der Waals surface area contributed by atoms with Gasteiger partial charge in [-0.1, -0.05) is 12.1 Å². The molecule has 6 heteroatoms. The van der Waals surface area contributed by atoms with Gasteiger partial charge in [0, 0.05) is 9.99 Å². The number of carbonyl (C=O) groups is 2. The second-order valence-corrected chi connectivity index (χ2v) is 7.03. The van der Waals surface area contributed by atoms with Crippen molar-refractivity contribution in [3.05, 3.63) is 33.4 Å². The molecule has 0 bridgehead atoms. The van der Waals surface area contributed by atoms with Crippen LogP contribution >= 0.6 is 22.6 Å². The fourth-order valence-electron chi connectivity index (χ4n) is 1.74. The van der Waals surface area contributed by atoms with Gasteiger partial charge in [-0.25, -0.2) is 9.59 Å². The first-order chi connectivity index (χ1) is 10.2. The molecule has 0 fully saturated rings. The topological polar surface area (TPSA) is 64.6 Å². The maximum Gasteiger partial charge on any atom is 0.408 e. The van der Waals surface area contributed by atoms with Crippen molar-refractivity contribution in [2.75, 3.05) is 6.61 Å². The maximum atomic E-state index is 12.0. The van der Waals surface area contributed by atoms with Gasteiger partial charge in [0.2, 0.25) is 0 Å². The highest BCUT2D eigenvalue weighted by atomic mass is 127. The molecule has 0 spiro atoms. The largest absolute Gasteiger partial charge is 0.464 e. The standard InChI is InChI=1S/C16H22INO4/c1-5-21-14(19)13(18-15(20)22-16(2,3)4)10-11-6-8-12(17)9-7-11/h6-9,13H,5,10H2,1-4H3,(H,18,20). The number of benzene rings is 1. The zero-order valence-corrected chi connectivity index (χ0v) is 15.5. The summed E-state index contributed by atoms with van der Waals surface area (Å²) in [4.78, 5) is 23.9. The van der Waals surface area contributed by atoms with Crippen LogP contribution in [-0.2, 0) is 20.7 Å². The minimum Gasteiger partial charge on any atom is -0.464 e. The lowest BCUT2D eigenvalue weighted by Gasteiger charge is -2.23. The fraction of sp³-hybridized carbons (Fsp3) is 0.500. The summed E-state index contributed by atoms with van der Waals surface area (Å²) in [5, 5.41) is 2.58. The number of hydrogen-bond donors (Lipinski definition) is 1. The molecule has 22 heavy (non-hydrogen) atoms. The summed E-state index contributed by atoms with van der Waals surface area (Å²) in [7, 11) is 0. The molecule has 1 atom stereocenters. The molecular weight excluding hydrogens is 397 g/mol. The number of rotatable bonds is 5. The first-order valence-electron chi connectivity index (χ1n) is 7.12. The van der Waals surface area contributed by atoms with Crippen LogP contribution in [0.15, 0.2) is 24.3 Å². The summed E-state index contributed by atoms with van der Waals surface area (Å²) >= 11 is 2.21. The number of carbonyl (C=O) groups excluding carboxylic acids is 2. The lowest BCUT2D eigenvalue weighted by Crippen LogP contribution is -2.45. The molecule has 0 aliphatic carbocycles. The number of esters is 1. The molecule has 1 aromatic rings. The van der Waals surface area contributed by atoms with E-state index in [2.05, 4.69) is 27.9 Å². The zero-order valence-electron chi connectivity index (χ0n) is 13.3.